The fourth-order valence-corrected chi connectivity index (χ4v) is 1.80. The van der Waals surface area contributed by atoms with Gasteiger partial charge in [-0.25, -0.2) is 0 Å². The van der Waals surface area contributed by atoms with Crippen molar-refractivity contribution in [1.82, 2.24) is 5.32 Å². The molecule has 0 aromatic heterocycles. The number of rotatable bonds is 4. The Bertz CT molecular complexity index is 561. The lowest BCUT2D eigenvalue weighted by Gasteiger charge is -2.13. The molecule has 0 unspecified atom stereocenters. The van der Waals surface area contributed by atoms with Crippen LogP contribution < -0.4 is 5.32 Å². The number of benzene rings is 1. The second-order valence-corrected chi connectivity index (χ2v) is 6.10. The van der Waals surface area contributed by atoms with Gasteiger partial charge in [0, 0.05) is 9.13 Å². The van der Waals surface area contributed by atoms with Crippen LogP contribution in [0.3, 0.4) is 0 Å². The van der Waals surface area contributed by atoms with E-state index in [1.807, 2.05) is 22.6 Å². The second kappa shape index (κ2) is 5.45. The first-order valence-corrected chi connectivity index (χ1v) is 7.04. The molecule has 9 heteroatoms. The summed E-state index contributed by atoms with van der Waals surface area (Å²) in [4.78, 5) is 11.4. The van der Waals surface area contributed by atoms with Crippen LogP contribution in [0.1, 0.15) is 10.4 Å². The van der Waals surface area contributed by atoms with Crippen LogP contribution in [-0.2, 0) is 10.1 Å². The van der Waals surface area contributed by atoms with Crippen LogP contribution in [0, 0.1) is 3.57 Å². The van der Waals surface area contributed by atoms with Gasteiger partial charge in [-0.15, -0.1) is 0 Å². The molecule has 1 aromatic rings. The van der Waals surface area contributed by atoms with Gasteiger partial charge in [0.25, 0.3) is 5.91 Å². The number of hydrogen-bond acceptors (Lipinski definition) is 3. The Hall–Kier alpha value is -0.810. The zero-order valence-corrected chi connectivity index (χ0v) is 11.7. The molecule has 5 nitrogen and oxygen atoms in total. The third-order valence-corrected chi connectivity index (χ3v) is 3.49. The standard InChI is InChI=1S/C9H8F2INO4S/c10-9(11,18(15,16)17)5-13-8(14)6-2-1-3-7(12)4-6/h1-4H,5H2,(H,13,14)(H,15,16,17). The van der Waals surface area contributed by atoms with Crippen LogP contribution in [0.25, 0.3) is 0 Å². The van der Waals surface area contributed by atoms with Gasteiger partial charge in [0.2, 0.25) is 0 Å². The summed E-state index contributed by atoms with van der Waals surface area (Å²) in [5.74, 6) is -0.850. The van der Waals surface area contributed by atoms with E-state index in [1.165, 1.54) is 12.1 Å². The maximum atomic E-state index is 12.8. The Morgan fingerprint density at radius 3 is 2.56 bits per heavy atom. The molecule has 0 saturated heterocycles. The van der Waals surface area contributed by atoms with Crippen molar-refractivity contribution < 1.29 is 26.5 Å². The molecular formula is C9H8F2INO4S. The Labute approximate surface area is 115 Å². The molecular weight excluding hydrogens is 383 g/mol. The van der Waals surface area contributed by atoms with Crippen LogP contribution in [0.5, 0.6) is 0 Å². The highest BCUT2D eigenvalue weighted by atomic mass is 127. The second-order valence-electron chi connectivity index (χ2n) is 3.31. The number of carbonyl (C=O) groups is 1. The lowest BCUT2D eigenvalue weighted by Crippen LogP contribution is -2.41. The quantitative estimate of drug-likeness (QED) is 0.602. The van der Waals surface area contributed by atoms with E-state index in [-0.39, 0.29) is 5.56 Å². The van der Waals surface area contributed by atoms with Crippen molar-refractivity contribution in [3.8, 4) is 0 Å². The van der Waals surface area contributed by atoms with Gasteiger partial charge >= 0.3 is 15.4 Å². The van der Waals surface area contributed by atoms with E-state index in [9.17, 15) is 22.0 Å². The van der Waals surface area contributed by atoms with Crippen LogP contribution in [0.4, 0.5) is 8.78 Å². The predicted octanol–water partition coefficient (Wildman–Crippen LogP) is 1.50. The smallest absolute Gasteiger partial charge is 0.345 e. The Morgan fingerprint density at radius 1 is 1.44 bits per heavy atom. The zero-order chi connectivity index (χ0) is 14.0. The van der Waals surface area contributed by atoms with Gasteiger partial charge in [0.1, 0.15) is 0 Å². The number of carbonyl (C=O) groups excluding carboxylic acids is 1. The van der Waals surface area contributed by atoms with Crippen LogP contribution in [-0.4, -0.2) is 30.7 Å². The first-order valence-electron chi connectivity index (χ1n) is 4.52. The summed E-state index contributed by atoms with van der Waals surface area (Å²) in [7, 11) is -5.54. The van der Waals surface area contributed by atoms with Crippen LogP contribution in [0.2, 0.25) is 0 Å². The summed E-state index contributed by atoms with van der Waals surface area (Å²) in [6, 6.07) is 6.09. The largest absolute Gasteiger partial charge is 0.386 e. The molecule has 18 heavy (non-hydrogen) atoms. The lowest BCUT2D eigenvalue weighted by molar-refractivity contribution is 0.0699. The van der Waals surface area contributed by atoms with Crippen molar-refractivity contribution in [1.29, 1.82) is 0 Å². The highest BCUT2D eigenvalue weighted by molar-refractivity contribution is 14.1. The molecule has 1 amide bonds. The minimum atomic E-state index is -5.54. The highest BCUT2D eigenvalue weighted by Crippen LogP contribution is 2.19. The predicted molar refractivity (Wildman–Crippen MR) is 68.0 cm³/mol. The molecule has 0 radical (unpaired) electrons. The Kier molecular flexibility index (Phi) is 4.61. The summed E-state index contributed by atoms with van der Waals surface area (Å²) in [6.07, 6.45) is 0. The molecule has 0 heterocycles. The molecule has 0 fully saturated rings. The molecule has 100 valence electrons. The van der Waals surface area contributed by atoms with E-state index in [2.05, 4.69) is 0 Å². The van der Waals surface area contributed by atoms with E-state index in [0.29, 0.717) is 0 Å². The third-order valence-electron chi connectivity index (χ3n) is 1.92. The van der Waals surface area contributed by atoms with Crippen molar-refractivity contribution in [2.75, 3.05) is 6.54 Å². The fraction of sp³-hybridized carbons (Fsp3) is 0.222. The zero-order valence-electron chi connectivity index (χ0n) is 8.73. The highest BCUT2D eigenvalue weighted by Gasteiger charge is 2.44. The Morgan fingerprint density at radius 2 is 2.06 bits per heavy atom. The van der Waals surface area contributed by atoms with Crippen molar-refractivity contribution in [2.24, 2.45) is 0 Å². The average molecular weight is 391 g/mol. The maximum absolute atomic E-state index is 12.8. The van der Waals surface area contributed by atoms with E-state index < -0.39 is 27.8 Å². The summed E-state index contributed by atoms with van der Waals surface area (Å²) in [6.45, 7) is -1.49. The molecule has 1 rings (SSSR count). The summed E-state index contributed by atoms with van der Waals surface area (Å²) < 4.78 is 55.2. The molecule has 0 aliphatic carbocycles. The van der Waals surface area contributed by atoms with Gasteiger partial charge in [0.05, 0.1) is 6.54 Å². The summed E-state index contributed by atoms with van der Waals surface area (Å²) in [5.41, 5.74) is 0.119. The molecule has 0 atom stereocenters. The normalized spacial score (nSPS) is 12.2. The Balaban J connectivity index is 2.74. The first-order chi connectivity index (χ1) is 8.13. The summed E-state index contributed by atoms with van der Waals surface area (Å²) in [5, 5.41) is -2.67. The van der Waals surface area contributed by atoms with Gasteiger partial charge in [-0.2, -0.15) is 17.2 Å². The number of hydrogen-bond donors (Lipinski definition) is 2. The monoisotopic (exact) mass is 391 g/mol. The topological polar surface area (TPSA) is 83.5 Å². The van der Waals surface area contributed by atoms with Crippen molar-refractivity contribution in [3.63, 3.8) is 0 Å². The van der Waals surface area contributed by atoms with Crippen molar-refractivity contribution in [3.05, 3.63) is 33.4 Å². The average Bonchev–Trinajstić information content (AvgIpc) is 2.24. The first kappa shape index (κ1) is 15.2. The van der Waals surface area contributed by atoms with E-state index in [1.54, 1.807) is 17.4 Å². The third kappa shape index (κ3) is 3.85. The van der Waals surface area contributed by atoms with Gasteiger partial charge in [-0.1, -0.05) is 6.07 Å². The SMILES string of the molecule is O=C(NCC(F)(F)S(=O)(=O)O)c1cccc(I)c1. The van der Waals surface area contributed by atoms with Gasteiger partial charge in [-0.3, -0.25) is 9.35 Å². The molecule has 0 aliphatic rings. The molecule has 2 N–H and O–H groups in total. The molecule has 0 saturated carbocycles. The van der Waals surface area contributed by atoms with E-state index in [4.69, 9.17) is 4.55 Å². The minimum Gasteiger partial charge on any atom is -0.345 e. The number of alkyl halides is 2. The fourth-order valence-electron chi connectivity index (χ4n) is 1.01. The van der Waals surface area contributed by atoms with Crippen molar-refractivity contribution in [2.45, 2.75) is 5.25 Å². The number of nitrogens with one attached hydrogen (secondary N) is 1. The van der Waals surface area contributed by atoms with Crippen LogP contribution in [0.15, 0.2) is 24.3 Å². The van der Waals surface area contributed by atoms with E-state index in [0.717, 1.165) is 3.57 Å². The van der Waals surface area contributed by atoms with Gasteiger partial charge < -0.3 is 5.32 Å². The molecule has 0 bridgehead atoms. The number of halogens is 3. The molecule has 1 aromatic carbocycles. The molecule has 0 aliphatic heterocycles. The number of amides is 1. The maximum Gasteiger partial charge on any atom is 0.386 e. The van der Waals surface area contributed by atoms with Gasteiger partial charge in [-0.05, 0) is 40.8 Å². The molecule has 0 spiro atoms. The summed E-state index contributed by atoms with van der Waals surface area (Å²) >= 11 is 1.93. The van der Waals surface area contributed by atoms with Crippen LogP contribution >= 0.6 is 22.6 Å². The minimum absolute atomic E-state index is 0.119. The van der Waals surface area contributed by atoms with Crippen molar-refractivity contribution >= 4 is 38.6 Å². The van der Waals surface area contributed by atoms with E-state index >= 15 is 0 Å². The van der Waals surface area contributed by atoms with Gasteiger partial charge in [0.15, 0.2) is 0 Å². The lowest BCUT2D eigenvalue weighted by atomic mass is 10.2.